The Morgan fingerprint density at radius 1 is 1.40 bits per heavy atom. The van der Waals surface area contributed by atoms with Gasteiger partial charge in [-0.2, -0.15) is 5.10 Å². The maximum absolute atomic E-state index is 12.6. The SMILES string of the molecule is CN(Cc1cccc(Cl)c1Cl)C(=O)c1ccn(C2CCCNC2)n1.Cl. The molecule has 1 aliphatic rings. The number of benzene rings is 1. The number of aromatic nitrogens is 2. The van der Waals surface area contributed by atoms with Crippen LogP contribution in [-0.2, 0) is 6.54 Å². The molecule has 1 amide bonds. The molecule has 0 radical (unpaired) electrons. The van der Waals surface area contributed by atoms with E-state index in [2.05, 4.69) is 10.4 Å². The summed E-state index contributed by atoms with van der Waals surface area (Å²) in [6.45, 7) is 2.33. The minimum absolute atomic E-state index is 0. The van der Waals surface area contributed by atoms with Gasteiger partial charge in [0.1, 0.15) is 5.69 Å². The number of halogens is 3. The van der Waals surface area contributed by atoms with Crippen LogP contribution in [0.15, 0.2) is 30.5 Å². The van der Waals surface area contributed by atoms with E-state index in [-0.39, 0.29) is 18.3 Å². The highest BCUT2D eigenvalue weighted by atomic mass is 35.5. The first kappa shape index (κ1) is 20.0. The lowest BCUT2D eigenvalue weighted by atomic mass is 10.1. The molecule has 1 atom stereocenters. The average Bonchev–Trinajstić information content (AvgIpc) is 3.09. The van der Waals surface area contributed by atoms with Crippen molar-refractivity contribution in [2.45, 2.75) is 25.4 Å². The molecule has 0 aliphatic carbocycles. The molecule has 25 heavy (non-hydrogen) atoms. The number of carbonyl (C=O) groups excluding carboxylic acids is 1. The number of rotatable bonds is 4. The molecule has 1 aromatic heterocycles. The van der Waals surface area contributed by atoms with Crippen LogP contribution in [0, 0.1) is 0 Å². The fourth-order valence-corrected chi connectivity index (χ4v) is 3.29. The molecule has 8 heteroatoms. The highest BCUT2D eigenvalue weighted by Gasteiger charge is 2.20. The molecule has 2 aromatic rings. The molecule has 136 valence electrons. The second-order valence-electron chi connectivity index (χ2n) is 6.06. The van der Waals surface area contributed by atoms with Crippen LogP contribution >= 0.6 is 35.6 Å². The van der Waals surface area contributed by atoms with Gasteiger partial charge in [-0.25, -0.2) is 0 Å². The Hall–Kier alpha value is -1.27. The highest BCUT2D eigenvalue weighted by Crippen LogP contribution is 2.26. The van der Waals surface area contributed by atoms with Gasteiger partial charge in [0.15, 0.2) is 0 Å². The number of hydrogen-bond acceptors (Lipinski definition) is 3. The molecule has 2 heterocycles. The summed E-state index contributed by atoms with van der Waals surface area (Å²) in [5, 5.41) is 8.79. The van der Waals surface area contributed by atoms with Crippen molar-refractivity contribution in [2.24, 2.45) is 0 Å². The monoisotopic (exact) mass is 402 g/mol. The number of nitrogens with one attached hydrogen (secondary N) is 1. The Labute approximate surface area is 163 Å². The van der Waals surface area contributed by atoms with Crippen molar-refractivity contribution < 1.29 is 4.79 Å². The number of amides is 1. The predicted octanol–water partition coefficient (Wildman–Crippen LogP) is 3.81. The van der Waals surface area contributed by atoms with Crippen LogP contribution in [0.25, 0.3) is 0 Å². The van der Waals surface area contributed by atoms with Gasteiger partial charge in [0.2, 0.25) is 0 Å². The van der Waals surface area contributed by atoms with Gasteiger partial charge in [-0.3, -0.25) is 9.48 Å². The van der Waals surface area contributed by atoms with Gasteiger partial charge in [-0.15, -0.1) is 12.4 Å². The van der Waals surface area contributed by atoms with E-state index in [9.17, 15) is 4.79 Å². The zero-order chi connectivity index (χ0) is 17.1. The van der Waals surface area contributed by atoms with Gasteiger partial charge in [0.05, 0.1) is 16.1 Å². The lowest BCUT2D eigenvalue weighted by molar-refractivity contribution is 0.0778. The zero-order valence-electron chi connectivity index (χ0n) is 13.9. The van der Waals surface area contributed by atoms with Gasteiger partial charge < -0.3 is 10.2 Å². The van der Waals surface area contributed by atoms with Crippen LogP contribution in [0.2, 0.25) is 10.0 Å². The Balaban J connectivity index is 0.00000225. The first-order chi connectivity index (χ1) is 11.6. The lowest BCUT2D eigenvalue weighted by Crippen LogP contribution is -2.32. The van der Waals surface area contributed by atoms with Gasteiger partial charge in [-0.05, 0) is 37.1 Å². The first-order valence-electron chi connectivity index (χ1n) is 8.00. The normalized spacial score (nSPS) is 17.0. The third kappa shape index (κ3) is 4.67. The number of piperidine rings is 1. The lowest BCUT2D eigenvalue weighted by Gasteiger charge is -2.23. The number of hydrogen-bond donors (Lipinski definition) is 1. The zero-order valence-corrected chi connectivity index (χ0v) is 16.2. The molecule has 1 saturated heterocycles. The molecule has 1 N–H and O–H groups in total. The standard InChI is InChI=1S/C17H20Cl2N4O.ClH/c1-22(11-12-4-2-6-14(18)16(12)19)17(24)15-7-9-23(21-15)13-5-3-8-20-10-13;/h2,4,6-7,9,13,20H,3,5,8,10-11H2,1H3;1H. The van der Waals surface area contributed by atoms with E-state index in [0.29, 0.717) is 28.3 Å². The Bertz CT molecular complexity index is 728. The molecule has 5 nitrogen and oxygen atoms in total. The van der Waals surface area contributed by atoms with Crippen molar-refractivity contribution in [1.82, 2.24) is 20.0 Å². The number of carbonyl (C=O) groups is 1. The van der Waals surface area contributed by atoms with E-state index >= 15 is 0 Å². The minimum Gasteiger partial charge on any atom is -0.336 e. The van der Waals surface area contributed by atoms with Gasteiger partial charge in [0, 0.05) is 26.3 Å². The van der Waals surface area contributed by atoms with Crippen LogP contribution < -0.4 is 5.32 Å². The summed E-state index contributed by atoms with van der Waals surface area (Å²) in [6, 6.07) is 7.51. The van der Waals surface area contributed by atoms with E-state index in [4.69, 9.17) is 23.2 Å². The fraction of sp³-hybridized carbons (Fsp3) is 0.412. The summed E-state index contributed by atoms with van der Waals surface area (Å²) in [5.74, 6) is -0.131. The van der Waals surface area contributed by atoms with Crippen molar-refractivity contribution >= 4 is 41.5 Å². The summed E-state index contributed by atoms with van der Waals surface area (Å²) in [5.41, 5.74) is 1.26. The Morgan fingerprint density at radius 3 is 2.92 bits per heavy atom. The van der Waals surface area contributed by atoms with Crippen molar-refractivity contribution in [3.05, 3.63) is 51.8 Å². The van der Waals surface area contributed by atoms with E-state index < -0.39 is 0 Å². The van der Waals surface area contributed by atoms with E-state index in [0.717, 1.165) is 31.5 Å². The van der Waals surface area contributed by atoms with Gasteiger partial charge in [-0.1, -0.05) is 35.3 Å². The molecule has 1 aliphatic heterocycles. The highest BCUT2D eigenvalue weighted by molar-refractivity contribution is 6.42. The molecular weight excluding hydrogens is 383 g/mol. The number of nitrogens with zero attached hydrogens (tertiary/aromatic N) is 3. The second kappa shape index (κ2) is 8.90. The van der Waals surface area contributed by atoms with Crippen molar-refractivity contribution in [2.75, 3.05) is 20.1 Å². The average molecular weight is 404 g/mol. The molecule has 1 aromatic carbocycles. The molecule has 1 fully saturated rings. The summed E-state index contributed by atoms with van der Waals surface area (Å²) in [4.78, 5) is 14.2. The molecule has 1 unspecified atom stereocenters. The molecule has 0 bridgehead atoms. The van der Waals surface area contributed by atoms with Crippen molar-refractivity contribution in [3.63, 3.8) is 0 Å². The van der Waals surface area contributed by atoms with E-state index in [1.54, 1.807) is 24.1 Å². The van der Waals surface area contributed by atoms with E-state index in [1.165, 1.54) is 0 Å². The predicted molar refractivity (Wildman–Crippen MR) is 103 cm³/mol. The Kier molecular flexibility index (Phi) is 7.14. The van der Waals surface area contributed by atoms with Crippen LogP contribution in [0.5, 0.6) is 0 Å². The molecular formula is C17H21Cl3N4O. The van der Waals surface area contributed by atoms with Crippen LogP contribution in [0.3, 0.4) is 0 Å². The van der Waals surface area contributed by atoms with Crippen LogP contribution in [0.1, 0.15) is 34.9 Å². The third-order valence-corrected chi connectivity index (χ3v) is 5.12. The van der Waals surface area contributed by atoms with Crippen molar-refractivity contribution in [3.8, 4) is 0 Å². The quantitative estimate of drug-likeness (QED) is 0.844. The van der Waals surface area contributed by atoms with Crippen molar-refractivity contribution in [1.29, 1.82) is 0 Å². The molecule has 0 saturated carbocycles. The maximum Gasteiger partial charge on any atom is 0.274 e. The van der Waals surface area contributed by atoms with Gasteiger partial charge in [0.25, 0.3) is 5.91 Å². The van der Waals surface area contributed by atoms with Crippen LogP contribution in [-0.4, -0.2) is 40.7 Å². The summed E-state index contributed by atoms with van der Waals surface area (Å²) < 4.78 is 1.89. The van der Waals surface area contributed by atoms with Gasteiger partial charge >= 0.3 is 0 Å². The smallest absolute Gasteiger partial charge is 0.274 e. The summed E-state index contributed by atoms with van der Waals surface area (Å²) in [7, 11) is 1.74. The third-order valence-electron chi connectivity index (χ3n) is 4.26. The second-order valence-corrected chi connectivity index (χ2v) is 6.84. The van der Waals surface area contributed by atoms with E-state index in [1.807, 2.05) is 23.0 Å². The maximum atomic E-state index is 12.6. The topological polar surface area (TPSA) is 50.2 Å². The van der Waals surface area contributed by atoms with Crippen LogP contribution in [0.4, 0.5) is 0 Å². The largest absolute Gasteiger partial charge is 0.336 e. The Morgan fingerprint density at radius 2 is 2.20 bits per heavy atom. The molecule has 3 rings (SSSR count). The fourth-order valence-electron chi connectivity index (χ4n) is 2.91. The summed E-state index contributed by atoms with van der Waals surface area (Å²) >= 11 is 12.2. The minimum atomic E-state index is -0.131. The first-order valence-corrected chi connectivity index (χ1v) is 8.76. The molecule has 0 spiro atoms. The summed E-state index contributed by atoms with van der Waals surface area (Å²) in [6.07, 6.45) is 4.09.